The molecule has 0 bridgehead atoms. The van der Waals surface area contributed by atoms with Gasteiger partial charge in [0.2, 0.25) is 0 Å². The maximum atomic E-state index is 12.5. The van der Waals surface area contributed by atoms with Gasteiger partial charge in [0.15, 0.2) is 0 Å². The first-order valence-corrected chi connectivity index (χ1v) is 9.72. The van der Waals surface area contributed by atoms with E-state index in [0.717, 1.165) is 12.8 Å². The van der Waals surface area contributed by atoms with Crippen LogP contribution in [0.4, 0.5) is 5.82 Å². The normalized spacial score (nSPS) is 13.8. The average molecular weight is 364 g/mol. The quantitative estimate of drug-likeness (QED) is 0.718. The van der Waals surface area contributed by atoms with Crippen LogP contribution in [0.3, 0.4) is 0 Å². The molecule has 1 amide bonds. The van der Waals surface area contributed by atoms with Crippen LogP contribution >= 0.6 is 0 Å². The molecule has 0 radical (unpaired) electrons. The van der Waals surface area contributed by atoms with Crippen LogP contribution in [0.2, 0.25) is 0 Å². The van der Waals surface area contributed by atoms with Crippen molar-refractivity contribution in [2.24, 2.45) is 0 Å². The molecule has 1 aromatic carbocycles. The minimum Gasteiger partial charge on any atom is -0.366 e. The monoisotopic (exact) mass is 364 g/mol. The van der Waals surface area contributed by atoms with Crippen LogP contribution in [-0.2, 0) is 6.54 Å². The summed E-state index contributed by atoms with van der Waals surface area (Å²) in [6.07, 6.45) is 8.13. The molecule has 0 saturated heterocycles. The molecule has 0 unspecified atom stereocenters. The molecule has 0 aliphatic heterocycles. The Bertz CT molecular complexity index is 829. The SMILES string of the molecule is Cc1nc(NCc2ccccc2C)cc(C(=O)NCCC2=CCCCC2)n1. The molecule has 0 fully saturated rings. The molecule has 1 aliphatic rings. The van der Waals surface area contributed by atoms with E-state index >= 15 is 0 Å². The Balaban J connectivity index is 1.57. The number of nitrogens with zero attached hydrogens (tertiary/aromatic N) is 2. The Labute approximate surface area is 161 Å². The molecular weight excluding hydrogens is 336 g/mol. The number of anilines is 1. The first-order valence-electron chi connectivity index (χ1n) is 9.72. The van der Waals surface area contributed by atoms with Crippen molar-refractivity contribution in [3.8, 4) is 0 Å². The lowest BCUT2D eigenvalue weighted by molar-refractivity contribution is 0.0948. The smallest absolute Gasteiger partial charge is 0.270 e. The third-order valence-corrected chi connectivity index (χ3v) is 4.91. The number of amides is 1. The molecule has 2 aromatic rings. The van der Waals surface area contributed by atoms with Gasteiger partial charge < -0.3 is 10.6 Å². The van der Waals surface area contributed by atoms with Gasteiger partial charge in [-0.25, -0.2) is 9.97 Å². The van der Waals surface area contributed by atoms with Crippen molar-refractivity contribution in [1.29, 1.82) is 0 Å². The summed E-state index contributed by atoms with van der Waals surface area (Å²) in [6.45, 7) is 5.21. The van der Waals surface area contributed by atoms with Gasteiger partial charge in [-0.1, -0.05) is 35.9 Å². The molecule has 5 nitrogen and oxygen atoms in total. The molecule has 1 aromatic heterocycles. The number of rotatable bonds is 7. The number of nitrogens with one attached hydrogen (secondary N) is 2. The summed E-state index contributed by atoms with van der Waals surface area (Å²) < 4.78 is 0. The molecular formula is C22H28N4O. The molecule has 0 saturated carbocycles. The molecule has 1 aliphatic carbocycles. The lowest BCUT2D eigenvalue weighted by Crippen LogP contribution is -2.26. The summed E-state index contributed by atoms with van der Waals surface area (Å²) in [7, 11) is 0. The van der Waals surface area contributed by atoms with Crippen LogP contribution in [0, 0.1) is 13.8 Å². The van der Waals surface area contributed by atoms with Gasteiger partial charge in [0, 0.05) is 19.2 Å². The van der Waals surface area contributed by atoms with Gasteiger partial charge in [-0.2, -0.15) is 0 Å². The molecule has 1 heterocycles. The number of allylic oxidation sites excluding steroid dienone is 1. The van der Waals surface area contributed by atoms with Gasteiger partial charge in [-0.15, -0.1) is 0 Å². The first-order chi connectivity index (χ1) is 13.1. The van der Waals surface area contributed by atoms with Crippen LogP contribution in [0.1, 0.15) is 59.5 Å². The van der Waals surface area contributed by atoms with Crippen molar-refractivity contribution in [1.82, 2.24) is 15.3 Å². The number of aromatic nitrogens is 2. The fraction of sp³-hybridized carbons (Fsp3) is 0.409. The first kappa shape index (κ1) is 19.1. The number of carbonyl (C=O) groups excluding carboxylic acids is 1. The van der Waals surface area contributed by atoms with Gasteiger partial charge in [-0.3, -0.25) is 4.79 Å². The summed E-state index contributed by atoms with van der Waals surface area (Å²) in [4.78, 5) is 21.2. The van der Waals surface area contributed by atoms with E-state index in [1.807, 2.05) is 19.1 Å². The van der Waals surface area contributed by atoms with E-state index in [1.54, 1.807) is 6.07 Å². The van der Waals surface area contributed by atoms with E-state index in [2.05, 4.69) is 45.7 Å². The Kier molecular flexibility index (Phi) is 6.58. The Morgan fingerprint density at radius 1 is 1.15 bits per heavy atom. The van der Waals surface area contributed by atoms with Crippen molar-refractivity contribution < 1.29 is 4.79 Å². The predicted octanol–water partition coefficient (Wildman–Crippen LogP) is 4.33. The van der Waals surface area contributed by atoms with Crippen LogP contribution < -0.4 is 10.6 Å². The molecule has 5 heteroatoms. The third kappa shape index (κ3) is 5.64. The highest BCUT2D eigenvalue weighted by atomic mass is 16.1. The third-order valence-electron chi connectivity index (χ3n) is 4.91. The number of benzene rings is 1. The second-order valence-corrected chi connectivity index (χ2v) is 7.08. The van der Waals surface area contributed by atoms with Gasteiger partial charge >= 0.3 is 0 Å². The highest BCUT2D eigenvalue weighted by molar-refractivity contribution is 5.92. The zero-order valence-electron chi connectivity index (χ0n) is 16.2. The Morgan fingerprint density at radius 2 is 2.00 bits per heavy atom. The summed E-state index contributed by atoms with van der Waals surface area (Å²) in [5.41, 5.74) is 4.31. The molecule has 0 spiro atoms. The van der Waals surface area contributed by atoms with Crippen molar-refractivity contribution in [2.75, 3.05) is 11.9 Å². The maximum absolute atomic E-state index is 12.5. The standard InChI is InChI=1S/C22H28N4O/c1-16-8-6-7-11-19(16)15-24-21-14-20(25-17(2)26-21)22(27)23-13-12-18-9-4-3-5-10-18/h6-9,11,14H,3-5,10,12-13,15H2,1-2H3,(H,23,27)(H,24,25,26). The van der Waals surface area contributed by atoms with E-state index in [0.29, 0.717) is 30.4 Å². The van der Waals surface area contributed by atoms with Crippen LogP contribution in [0.15, 0.2) is 42.0 Å². The van der Waals surface area contributed by atoms with Crippen molar-refractivity contribution in [3.63, 3.8) is 0 Å². The molecule has 2 N–H and O–H groups in total. The summed E-state index contributed by atoms with van der Waals surface area (Å²) in [6, 6.07) is 9.95. The van der Waals surface area contributed by atoms with Crippen LogP contribution in [-0.4, -0.2) is 22.4 Å². The second-order valence-electron chi connectivity index (χ2n) is 7.08. The minimum atomic E-state index is -0.143. The van der Waals surface area contributed by atoms with E-state index < -0.39 is 0 Å². The predicted molar refractivity (Wildman–Crippen MR) is 109 cm³/mol. The lowest BCUT2D eigenvalue weighted by atomic mass is 9.97. The zero-order chi connectivity index (χ0) is 19.1. The summed E-state index contributed by atoms with van der Waals surface area (Å²) >= 11 is 0. The molecule has 27 heavy (non-hydrogen) atoms. The highest BCUT2D eigenvalue weighted by Gasteiger charge is 2.11. The van der Waals surface area contributed by atoms with E-state index in [-0.39, 0.29) is 5.91 Å². The zero-order valence-corrected chi connectivity index (χ0v) is 16.2. The fourth-order valence-corrected chi connectivity index (χ4v) is 3.33. The van der Waals surface area contributed by atoms with Crippen molar-refractivity contribution in [2.45, 2.75) is 52.5 Å². The fourth-order valence-electron chi connectivity index (χ4n) is 3.33. The number of hydrogen-bond acceptors (Lipinski definition) is 4. The van der Waals surface area contributed by atoms with Gasteiger partial charge in [0.1, 0.15) is 17.3 Å². The van der Waals surface area contributed by atoms with Gasteiger partial charge in [0.05, 0.1) is 0 Å². The number of carbonyl (C=O) groups is 1. The van der Waals surface area contributed by atoms with Gasteiger partial charge in [0.25, 0.3) is 5.91 Å². The summed E-state index contributed by atoms with van der Waals surface area (Å²) in [5, 5.41) is 6.29. The minimum absolute atomic E-state index is 0.143. The van der Waals surface area contributed by atoms with Crippen LogP contribution in [0.25, 0.3) is 0 Å². The molecule has 142 valence electrons. The van der Waals surface area contributed by atoms with E-state index in [1.165, 1.54) is 36.0 Å². The topological polar surface area (TPSA) is 66.9 Å². The maximum Gasteiger partial charge on any atom is 0.270 e. The van der Waals surface area contributed by atoms with Crippen molar-refractivity contribution >= 4 is 11.7 Å². The van der Waals surface area contributed by atoms with Crippen molar-refractivity contribution in [3.05, 3.63) is 64.6 Å². The Hall–Kier alpha value is -2.69. The van der Waals surface area contributed by atoms with Crippen LogP contribution in [0.5, 0.6) is 0 Å². The highest BCUT2D eigenvalue weighted by Crippen LogP contribution is 2.19. The largest absolute Gasteiger partial charge is 0.366 e. The molecule has 0 atom stereocenters. The average Bonchev–Trinajstić information content (AvgIpc) is 2.68. The lowest BCUT2D eigenvalue weighted by Gasteiger charge is -2.13. The van der Waals surface area contributed by atoms with Gasteiger partial charge in [-0.05, 0) is 57.1 Å². The number of aryl methyl sites for hydroxylation is 2. The number of hydrogen-bond donors (Lipinski definition) is 2. The van der Waals surface area contributed by atoms with E-state index in [4.69, 9.17) is 0 Å². The van der Waals surface area contributed by atoms with E-state index in [9.17, 15) is 4.79 Å². The Morgan fingerprint density at radius 3 is 2.78 bits per heavy atom. The molecule has 3 rings (SSSR count). The second kappa shape index (κ2) is 9.31. The summed E-state index contributed by atoms with van der Waals surface area (Å²) in [5.74, 6) is 1.12.